The first kappa shape index (κ1) is 8.23. The van der Waals surface area contributed by atoms with Crippen LogP contribution in [0.5, 0.6) is 0 Å². The molecule has 2 rings (SSSR count). The average Bonchev–Trinajstić information content (AvgIpc) is 2.42. The van der Waals surface area contributed by atoms with Crippen molar-refractivity contribution in [2.45, 2.75) is 0 Å². The Morgan fingerprint density at radius 3 is 2.93 bits per heavy atom. The zero-order chi connectivity index (χ0) is 10.1. The van der Waals surface area contributed by atoms with Crippen LogP contribution in [0, 0.1) is 0 Å². The summed E-state index contributed by atoms with van der Waals surface area (Å²) in [6.45, 7) is 0. The first-order valence-corrected chi connectivity index (χ1v) is 3.70. The molecule has 8 nitrogen and oxygen atoms in total. The molecule has 0 bridgehead atoms. The van der Waals surface area contributed by atoms with Crippen LogP contribution in [0.1, 0.15) is 0 Å². The Kier molecular flexibility index (Phi) is 1.67. The minimum absolute atomic E-state index is 0.104. The van der Waals surface area contributed by atoms with E-state index in [1.807, 2.05) is 0 Å². The highest BCUT2D eigenvalue weighted by atomic mass is 16.1. The quantitative estimate of drug-likeness (QED) is 0.324. The first-order chi connectivity index (χ1) is 6.65. The van der Waals surface area contributed by atoms with Crippen molar-refractivity contribution in [2.24, 2.45) is 16.5 Å². The summed E-state index contributed by atoms with van der Waals surface area (Å²) in [5.41, 5.74) is 10.8. The molecule has 0 saturated carbocycles. The molecule has 0 aliphatic heterocycles. The van der Waals surface area contributed by atoms with E-state index in [9.17, 15) is 4.79 Å². The van der Waals surface area contributed by atoms with E-state index in [0.717, 1.165) is 0 Å². The predicted octanol–water partition coefficient (Wildman–Crippen LogP) is -1.45. The maximum absolute atomic E-state index is 10.9. The Balaban J connectivity index is 2.61. The summed E-state index contributed by atoms with van der Waals surface area (Å²) in [7, 11) is 0. The van der Waals surface area contributed by atoms with E-state index in [1.54, 1.807) is 0 Å². The molecule has 72 valence electrons. The molecule has 0 aromatic carbocycles. The molecule has 0 aliphatic carbocycles. The molecule has 2 aromatic rings. The van der Waals surface area contributed by atoms with Crippen molar-refractivity contribution in [1.29, 1.82) is 0 Å². The fraction of sp³-hybridized carbons (Fsp3) is 0. The molecular weight excluding hydrogens is 186 g/mol. The van der Waals surface area contributed by atoms with Gasteiger partial charge in [-0.1, -0.05) is 0 Å². The third kappa shape index (κ3) is 1.40. The van der Waals surface area contributed by atoms with Gasteiger partial charge in [0.15, 0.2) is 11.6 Å². The number of nitrogens with one attached hydrogen (secondary N) is 2. The van der Waals surface area contributed by atoms with Crippen LogP contribution < -0.4 is 17.2 Å². The lowest BCUT2D eigenvalue weighted by atomic mass is 10.6. The Bertz CT molecular complexity index is 547. The summed E-state index contributed by atoms with van der Waals surface area (Å²) >= 11 is 0. The highest BCUT2D eigenvalue weighted by molar-refractivity contribution is 5.78. The summed E-state index contributed by atoms with van der Waals surface area (Å²) in [5, 5.41) is 0. The normalized spacial score (nSPS) is 10.3. The first-order valence-electron chi connectivity index (χ1n) is 3.70. The fourth-order valence-corrected chi connectivity index (χ4v) is 0.990. The molecule has 0 amide bonds. The van der Waals surface area contributed by atoms with Gasteiger partial charge in [0.1, 0.15) is 5.52 Å². The molecule has 2 aromatic heterocycles. The Labute approximate surface area is 77.1 Å². The van der Waals surface area contributed by atoms with E-state index >= 15 is 0 Å². The number of guanidine groups is 1. The molecular formula is C6H7N7O. The maximum Gasteiger partial charge on any atom is 0.325 e. The summed E-state index contributed by atoms with van der Waals surface area (Å²) in [6, 6.07) is 0. The molecule has 0 atom stereocenters. The van der Waals surface area contributed by atoms with Gasteiger partial charge in [0.25, 0.3) is 5.95 Å². The molecule has 0 aliphatic rings. The van der Waals surface area contributed by atoms with Crippen molar-refractivity contribution < 1.29 is 0 Å². The third-order valence-electron chi connectivity index (χ3n) is 1.49. The second kappa shape index (κ2) is 2.83. The van der Waals surface area contributed by atoms with Crippen LogP contribution in [0.3, 0.4) is 0 Å². The van der Waals surface area contributed by atoms with Crippen molar-refractivity contribution >= 4 is 23.1 Å². The number of hydrogen-bond acceptors (Lipinski definition) is 4. The number of rotatable bonds is 1. The van der Waals surface area contributed by atoms with Crippen LogP contribution in [-0.4, -0.2) is 25.9 Å². The van der Waals surface area contributed by atoms with Gasteiger partial charge >= 0.3 is 5.69 Å². The van der Waals surface area contributed by atoms with Gasteiger partial charge in [0.05, 0.1) is 6.20 Å². The second-order valence-electron chi connectivity index (χ2n) is 2.55. The van der Waals surface area contributed by atoms with Crippen LogP contribution in [-0.2, 0) is 0 Å². The average molecular weight is 193 g/mol. The lowest BCUT2D eigenvalue weighted by Gasteiger charge is -1.92. The Hall–Kier alpha value is -2.38. The monoisotopic (exact) mass is 193 g/mol. The largest absolute Gasteiger partial charge is 0.370 e. The number of aromatic nitrogens is 4. The Morgan fingerprint density at radius 1 is 1.43 bits per heavy atom. The zero-order valence-corrected chi connectivity index (χ0v) is 6.98. The van der Waals surface area contributed by atoms with Gasteiger partial charge in [-0.3, -0.25) is 4.98 Å². The van der Waals surface area contributed by atoms with Crippen LogP contribution in [0.15, 0.2) is 16.0 Å². The molecule has 2 heterocycles. The third-order valence-corrected chi connectivity index (χ3v) is 1.49. The minimum Gasteiger partial charge on any atom is -0.370 e. The fourth-order valence-electron chi connectivity index (χ4n) is 0.990. The molecule has 0 radical (unpaired) electrons. The number of aliphatic imine (C=N–C) groups is 1. The van der Waals surface area contributed by atoms with Gasteiger partial charge < -0.3 is 16.5 Å². The van der Waals surface area contributed by atoms with Gasteiger partial charge in [-0.15, -0.1) is 0 Å². The molecule has 14 heavy (non-hydrogen) atoms. The van der Waals surface area contributed by atoms with Gasteiger partial charge in [0, 0.05) is 0 Å². The van der Waals surface area contributed by atoms with Gasteiger partial charge in [-0.2, -0.15) is 9.98 Å². The van der Waals surface area contributed by atoms with Crippen molar-refractivity contribution in [1.82, 2.24) is 19.9 Å². The van der Waals surface area contributed by atoms with Crippen LogP contribution >= 0.6 is 0 Å². The van der Waals surface area contributed by atoms with Crippen LogP contribution in [0.2, 0.25) is 0 Å². The van der Waals surface area contributed by atoms with Crippen molar-refractivity contribution in [2.75, 3.05) is 0 Å². The van der Waals surface area contributed by atoms with Gasteiger partial charge in [-0.05, 0) is 0 Å². The van der Waals surface area contributed by atoms with E-state index in [1.165, 1.54) is 6.20 Å². The lowest BCUT2D eigenvalue weighted by Crippen LogP contribution is -2.22. The molecule has 6 N–H and O–H groups in total. The zero-order valence-electron chi connectivity index (χ0n) is 6.98. The molecule has 8 heteroatoms. The number of nitrogens with zero attached hydrogens (tertiary/aromatic N) is 3. The highest BCUT2D eigenvalue weighted by Gasteiger charge is 2.01. The summed E-state index contributed by atoms with van der Waals surface area (Å²) in [4.78, 5) is 27.1. The van der Waals surface area contributed by atoms with Crippen molar-refractivity contribution in [3.63, 3.8) is 0 Å². The molecule has 0 spiro atoms. The highest BCUT2D eigenvalue weighted by Crippen LogP contribution is 2.07. The number of aromatic amines is 2. The topological polar surface area (TPSA) is 139 Å². The van der Waals surface area contributed by atoms with Crippen molar-refractivity contribution in [3.05, 3.63) is 16.7 Å². The minimum atomic E-state index is -0.351. The van der Waals surface area contributed by atoms with Crippen molar-refractivity contribution in [3.8, 4) is 0 Å². The summed E-state index contributed by atoms with van der Waals surface area (Å²) < 4.78 is 0. The number of fused-ring (bicyclic) bond motifs is 1. The number of nitrogens with two attached hydrogens (primary N) is 2. The van der Waals surface area contributed by atoms with E-state index in [2.05, 4.69) is 24.9 Å². The van der Waals surface area contributed by atoms with Gasteiger partial charge in [-0.25, -0.2) is 9.78 Å². The summed E-state index contributed by atoms with van der Waals surface area (Å²) in [5.74, 6) is -0.0324. The number of imidazole rings is 1. The van der Waals surface area contributed by atoms with Crippen LogP contribution in [0.25, 0.3) is 11.2 Å². The Morgan fingerprint density at radius 2 is 2.21 bits per heavy atom. The molecule has 0 saturated heterocycles. The maximum atomic E-state index is 10.9. The smallest absolute Gasteiger partial charge is 0.325 e. The van der Waals surface area contributed by atoms with E-state index in [0.29, 0.717) is 11.2 Å². The number of hydrogen-bond donors (Lipinski definition) is 4. The van der Waals surface area contributed by atoms with E-state index in [-0.39, 0.29) is 17.6 Å². The molecule has 0 fully saturated rings. The van der Waals surface area contributed by atoms with E-state index in [4.69, 9.17) is 11.5 Å². The standard InChI is InChI=1S/C6H7N7O/c7-4(8)13-5-9-1-2-3(11-5)12-6(14)10-2/h1H,(H6,7,8,9,10,11,12,13,14). The summed E-state index contributed by atoms with van der Waals surface area (Å²) in [6.07, 6.45) is 1.42. The lowest BCUT2D eigenvalue weighted by molar-refractivity contribution is 1.15. The van der Waals surface area contributed by atoms with E-state index < -0.39 is 0 Å². The van der Waals surface area contributed by atoms with Crippen LogP contribution in [0.4, 0.5) is 5.95 Å². The predicted molar refractivity (Wildman–Crippen MR) is 50.0 cm³/mol. The SMILES string of the molecule is NC(N)=Nc1ncc2[nH]c(=O)[nH]c2n1. The molecule has 0 unspecified atom stereocenters. The second-order valence-corrected chi connectivity index (χ2v) is 2.55. The number of H-pyrrole nitrogens is 2. The van der Waals surface area contributed by atoms with Gasteiger partial charge in [0.2, 0.25) is 0 Å².